The average molecular weight is 401 g/mol. The largest absolute Gasteiger partial charge is 0.461 e. The molecule has 0 saturated heterocycles. The van der Waals surface area contributed by atoms with Gasteiger partial charge in [0, 0.05) is 11.7 Å². The summed E-state index contributed by atoms with van der Waals surface area (Å²) in [5.41, 5.74) is 3.72. The number of hydrogen-bond donors (Lipinski definition) is 0. The van der Waals surface area contributed by atoms with Crippen LogP contribution in [-0.2, 0) is 19.4 Å². The summed E-state index contributed by atoms with van der Waals surface area (Å²) in [6.07, 6.45) is 1.18. The molecule has 0 aliphatic carbocycles. The first-order valence-electron chi connectivity index (χ1n) is 9.39. The molecular formula is C23H28O4S. The van der Waals surface area contributed by atoms with Gasteiger partial charge in [-0.05, 0) is 35.8 Å². The van der Waals surface area contributed by atoms with Gasteiger partial charge in [0.05, 0.1) is 10.5 Å². The lowest BCUT2D eigenvalue weighted by Gasteiger charge is -2.34. The van der Waals surface area contributed by atoms with Crippen molar-refractivity contribution < 1.29 is 17.9 Å². The molecule has 0 unspecified atom stereocenters. The maximum Gasteiger partial charge on any atom is 0.339 e. The lowest BCUT2D eigenvalue weighted by Crippen LogP contribution is -2.31. The smallest absolute Gasteiger partial charge is 0.339 e. The Morgan fingerprint density at radius 1 is 0.964 bits per heavy atom. The van der Waals surface area contributed by atoms with Gasteiger partial charge in [-0.3, -0.25) is 0 Å². The molecule has 3 rings (SSSR count). The number of esters is 1. The second kappa shape index (κ2) is 8.31. The Kier molecular flexibility index (Phi) is 6.50. The van der Waals surface area contributed by atoms with Crippen LogP contribution >= 0.6 is 0 Å². The van der Waals surface area contributed by atoms with Crippen molar-refractivity contribution in [2.45, 2.75) is 39.5 Å². The highest BCUT2D eigenvalue weighted by Crippen LogP contribution is 2.44. The van der Waals surface area contributed by atoms with Gasteiger partial charge in [-0.25, -0.2) is 13.2 Å². The van der Waals surface area contributed by atoms with Gasteiger partial charge in [0.25, 0.3) is 0 Å². The summed E-state index contributed by atoms with van der Waals surface area (Å²) in [5, 5.41) is 0. The van der Waals surface area contributed by atoms with Crippen LogP contribution in [0.25, 0.3) is 11.1 Å². The Morgan fingerprint density at radius 3 is 2.11 bits per heavy atom. The summed E-state index contributed by atoms with van der Waals surface area (Å²) < 4.78 is 28.9. The maximum absolute atomic E-state index is 12.6. The van der Waals surface area contributed by atoms with Crippen LogP contribution in [0.5, 0.6) is 0 Å². The molecule has 2 aromatic rings. The number of carbonyl (C=O) groups is 1. The summed E-state index contributed by atoms with van der Waals surface area (Å²) in [6, 6.07) is 14.5. The highest BCUT2D eigenvalue weighted by atomic mass is 32.2. The number of rotatable bonds is 3. The van der Waals surface area contributed by atoms with Crippen molar-refractivity contribution in [1.29, 1.82) is 0 Å². The van der Waals surface area contributed by atoms with E-state index in [0.29, 0.717) is 5.57 Å². The van der Waals surface area contributed by atoms with E-state index in [1.807, 2.05) is 58.9 Å². The Morgan fingerprint density at radius 2 is 1.57 bits per heavy atom. The van der Waals surface area contributed by atoms with Gasteiger partial charge in [0.2, 0.25) is 0 Å². The van der Waals surface area contributed by atoms with Crippen LogP contribution in [0.4, 0.5) is 0 Å². The van der Waals surface area contributed by atoms with E-state index >= 15 is 0 Å². The van der Waals surface area contributed by atoms with Crippen molar-refractivity contribution in [3.63, 3.8) is 0 Å². The fraction of sp³-hybridized carbons (Fsp3) is 0.348. The molecule has 0 saturated carbocycles. The molecule has 0 spiro atoms. The Balaban J connectivity index is 0.00000136. The molecule has 28 heavy (non-hydrogen) atoms. The monoisotopic (exact) mass is 400 g/mol. The van der Waals surface area contributed by atoms with Crippen molar-refractivity contribution in [3.05, 3.63) is 65.2 Å². The normalized spacial score (nSPS) is 16.1. The van der Waals surface area contributed by atoms with Gasteiger partial charge in [0.15, 0.2) is 9.84 Å². The molecule has 1 aliphatic rings. The molecule has 0 fully saturated rings. The zero-order valence-electron chi connectivity index (χ0n) is 17.4. The fourth-order valence-corrected chi connectivity index (χ4v) is 3.93. The van der Waals surface area contributed by atoms with Gasteiger partial charge < -0.3 is 4.74 Å². The maximum atomic E-state index is 12.6. The molecule has 2 aromatic carbocycles. The van der Waals surface area contributed by atoms with E-state index in [9.17, 15) is 13.2 Å². The van der Waals surface area contributed by atoms with Crippen LogP contribution in [0.3, 0.4) is 0 Å². The molecule has 0 radical (unpaired) electrons. The topological polar surface area (TPSA) is 60.4 Å². The van der Waals surface area contributed by atoms with Crippen molar-refractivity contribution in [3.8, 4) is 0 Å². The van der Waals surface area contributed by atoms with Crippen molar-refractivity contribution in [2.24, 2.45) is 5.41 Å². The zero-order chi connectivity index (χ0) is 21.1. The van der Waals surface area contributed by atoms with E-state index in [2.05, 4.69) is 0 Å². The van der Waals surface area contributed by atoms with E-state index in [1.54, 1.807) is 24.3 Å². The van der Waals surface area contributed by atoms with Gasteiger partial charge in [0.1, 0.15) is 6.61 Å². The minimum absolute atomic E-state index is 0.259. The Bertz CT molecular complexity index is 997. The first kappa shape index (κ1) is 21.9. The third-order valence-corrected chi connectivity index (χ3v) is 5.70. The summed E-state index contributed by atoms with van der Waals surface area (Å²) >= 11 is 0. The minimum Gasteiger partial charge on any atom is -0.461 e. The molecule has 150 valence electrons. The number of cyclic esters (lactones) is 1. The van der Waals surface area contributed by atoms with E-state index in [4.69, 9.17) is 4.74 Å². The third-order valence-electron chi connectivity index (χ3n) is 4.57. The third kappa shape index (κ3) is 4.53. The number of carbonyl (C=O) groups excluding carboxylic acids is 1. The molecule has 0 N–H and O–H groups in total. The standard InChI is InChI=1S/C21H22O4S.C2H6/c1-14-6-5-7-16(12-14)18-19(21(2,3)13-25-20(18)22)15-8-10-17(11-9-15)26(4,23)24;1-2/h5-12H,13H2,1-4H3;1-2H3. The minimum atomic E-state index is -3.27. The molecule has 5 heteroatoms. The van der Waals surface area contributed by atoms with Gasteiger partial charge in [-0.1, -0.05) is 69.7 Å². The van der Waals surface area contributed by atoms with Crippen molar-refractivity contribution in [1.82, 2.24) is 0 Å². The number of aryl methyl sites for hydroxylation is 1. The SMILES string of the molecule is CC.Cc1cccc(C2=C(c3ccc(S(C)(=O)=O)cc3)C(C)(C)COC2=O)c1. The number of sulfone groups is 1. The first-order valence-corrected chi connectivity index (χ1v) is 11.3. The predicted octanol–water partition coefficient (Wildman–Crippen LogP) is 4.92. The van der Waals surface area contributed by atoms with Crippen LogP contribution in [0, 0.1) is 12.3 Å². The van der Waals surface area contributed by atoms with Gasteiger partial charge in [-0.15, -0.1) is 0 Å². The number of ether oxygens (including phenoxy) is 1. The molecule has 0 aromatic heterocycles. The molecule has 0 bridgehead atoms. The van der Waals surface area contributed by atoms with Gasteiger partial charge >= 0.3 is 5.97 Å². The summed E-state index contributed by atoms with van der Waals surface area (Å²) in [6.45, 7) is 10.3. The van der Waals surface area contributed by atoms with E-state index in [-0.39, 0.29) is 22.9 Å². The predicted molar refractivity (Wildman–Crippen MR) is 114 cm³/mol. The van der Waals surface area contributed by atoms with E-state index in [1.165, 1.54) is 6.26 Å². The Hall–Kier alpha value is -2.40. The van der Waals surface area contributed by atoms with Crippen molar-refractivity contribution >= 4 is 27.0 Å². The second-order valence-corrected chi connectivity index (χ2v) is 9.39. The average Bonchev–Trinajstić information content (AvgIpc) is 2.64. The molecule has 4 nitrogen and oxygen atoms in total. The lowest BCUT2D eigenvalue weighted by molar-refractivity contribution is -0.139. The highest BCUT2D eigenvalue weighted by Gasteiger charge is 2.37. The van der Waals surface area contributed by atoms with Crippen molar-refractivity contribution in [2.75, 3.05) is 12.9 Å². The Labute approximate surface area is 168 Å². The van der Waals surface area contributed by atoms with Crippen LogP contribution in [0.2, 0.25) is 0 Å². The van der Waals surface area contributed by atoms with E-state index < -0.39 is 9.84 Å². The van der Waals surface area contributed by atoms with Crippen LogP contribution in [0.1, 0.15) is 44.4 Å². The summed E-state index contributed by atoms with van der Waals surface area (Å²) in [7, 11) is -3.27. The lowest BCUT2D eigenvalue weighted by atomic mass is 9.75. The second-order valence-electron chi connectivity index (χ2n) is 7.38. The molecule has 0 amide bonds. The molecule has 0 atom stereocenters. The molecule has 1 aliphatic heterocycles. The summed E-state index contributed by atoms with van der Waals surface area (Å²) in [4.78, 5) is 12.9. The van der Waals surface area contributed by atoms with E-state index in [0.717, 1.165) is 22.3 Å². The first-order chi connectivity index (χ1) is 13.1. The highest BCUT2D eigenvalue weighted by molar-refractivity contribution is 7.90. The zero-order valence-corrected chi connectivity index (χ0v) is 18.2. The fourth-order valence-electron chi connectivity index (χ4n) is 3.30. The molecule has 1 heterocycles. The van der Waals surface area contributed by atoms with Crippen LogP contribution in [-0.4, -0.2) is 27.2 Å². The summed E-state index contributed by atoms with van der Waals surface area (Å²) in [5.74, 6) is -0.350. The quantitative estimate of drug-likeness (QED) is 0.686. The molecular weight excluding hydrogens is 372 g/mol. The van der Waals surface area contributed by atoms with Crippen LogP contribution in [0.15, 0.2) is 53.4 Å². The number of benzene rings is 2. The van der Waals surface area contributed by atoms with Crippen LogP contribution < -0.4 is 0 Å². The number of hydrogen-bond acceptors (Lipinski definition) is 4. The van der Waals surface area contributed by atoms with Gasteiger partial charge in [-0.2, -0.15) is 0 Å².